The number of hydrogen-bond acceptors (Lipinski definition) is 2. The second kappa shape index (κ2) is 3.32. The average molecular weight is 134 g/mol. The smallest absolute Gasteiger partial charge is 0.0412 e. The van der Waals surface area contributed by atoms with Crippen LogP contribution in [0.4, 0.5) is 0 Å². The fourth-order valence-electron chi connectivity index (χ4n) is 0.728. The van der Waals surface area contributed by atoms with Gasteiger partial charge in [0.1, 0.15) is 0 Å². The quantitative estimate of drug-likeness (QED) is 0.618. The normalized spacial score (nSPS) is 13.0. The Morgan fingerprint density at radius 3 is 3.00 bits per heavy atom. The van der Waals surface area contributed by atoms with E-state index in [9.17, 15) is 0 Å². The molecule has 0 aliphatic rings. The highest BCUT2D eigenvalue weighted by Crippen LogP contribution is 2.07. The van der Waals surface area contributed by atoms with Gasteiger partial charge in [-0.25, -0.2) is 0 Å². The molecule has 2 radical (unpaired) electrons. The van der Waals surface area contributed by atoms with E-state index in [2.05, 4.69) is 10.3 Å². The van der Waals surface area contributed by atoms with Gasteiger partial charge in [0.05, 0.1) is 0 Å². The lowest BCUT2D eigenvalue weighted by Gasteiger charge is -2.07. The lowest BCUT2D eigenvalue weighted by Crippen LogP contribution is -2.09. The summed E-state index contributed by atoms with van der Waals surface area (Å²) < 4.78 is 0. The Bertz CT molecular complexity index is 184. The van der Waals surface area contributed by atoms with Gasteiger partial charge in [-0.2, -0.15) is 0 Å². The molecular formula is C8H10N2. The standard InChI is InChI=1S/C8H10N2/c1-7(9-2)8-4-3-5-10-6-8/h2-7,9H,1H3. The van der Waals surface area contributed by atoms with Crippen molar-refractivity contribution in [1.29, 1.82) is 0 Å². The van der Waals surface area contributed by atoms with Crippen molar-refractivity contribution in [2.24, 2.45) is 0 Å². The lowest BCUT2D eigenvalue weighted by molar-refractivity contribution is 0.680. The molecule has 1 atom stereocenters. The van der Waals surface area contributed by atoms with Crippen LogP contribution < -0.4 is 5.32 Å². The number of hydrogen-bond donors (Lipinski definition) is 1. The summed E-state index contributed by atoms with van der Waals surface area (Å²) in [5, 5.41) is 2.64. The van der Waals surface area contributed by atoms with E-state index in [0.29, 0.717) is 0 Å². The summed E-state index contributed by atoms with van der Waals surface area (Å²) in [5.41, 5.74) is 1.10. The van der Waals surface area contributed by atoms with Crippen molar-refractivity contribution in [3.8, 4) is 0 Å². The minimum absolute atomic E-state index is 0.175. The van der Waals surface area contributed by atoms with Crippen LogP contribution in [0.1, 0.15) is 18.5 Å². The topological polar surface area (TPSA) is 24.9 Å². The van der Waals surface area contributed by atoms with Gasteiger partial charge in [-0.3, -0.25) is 4.98 Å². The molecule has 1 aromatic heterocycles. The fraction of sp³-hybridized carbons (Fsp3) is 0.250. The molecule has 10 heavy (non-hydrogen) atoms. The van der Waals surface area contributed by atoms with Crippen molar-refractivity contribution in [1.82, 2.24) is 10.3 Å². The van der Waals surface area contributed by atoms with Gasteiger partial charge in [0.25, 0.3) is 0 Å². The van der Waals surface area contributed by atoms with Crippen molar-refractivity contribution >= 4 is 0 Å². The zero-order chi connectivity index (χ0) is 7.40. The van der Waals surface area contributed by atoms with Gasteiger partial charge in [-0.1, -0.05) is 6.07 Å². The Hall–Kier alpha value is -0.890. The van der Waals surface area contributed by atoms with Gasteiger partial charge in [-0.05, 0) is 18.6 Å². The summed E-state index contributed by atoms with van der Waals surface area (Å²) in [5.74, 6) is 0. The van der Waals surface area contributed by atoms with Gasteiger partial charge in [0, 0.05) is 25.5 Å². The summed E-state index contributed by atoms with van der Waals surface area (Å²) in [6, 6.07) is 4.05. The molecule has 2 nitrogen and oxygen atoms in total. The van der Waals surface area contributed by atoms with E-state index < -0.39 is 0 Å². The number of nitrogens with zero attached hydrogens (tertiary/aromatic N) is 1. The second-order valence-electron chi connectivity index (χ2n) is 2.17. The molecule has 0 aliphatic heterocycles. The van der Waals surface area contributed by atoms with Crippen LogP contribution in [0.25, 0.3) is 0 Å². The van der Waals surface area contributed by atoms with Crippen LogP contribution in [0.2, 0.25) is 0 Å². The highest BCUT2D eigenvalue weighted by atomic mass is 14.9. The van der Waals surface area contributed by atoms with E-state index >= 15 is 0 Å². The van der Waals surface area contributed by atoms with Crippen LogP contribution in [0.3, 0.4) is 0 Å². The molecule has 1 unspecified atom stereocenters. The van der Waals surface area contributed by atoms with E-state index in [1.807, 2.05) is 19.1 Å². The minimum atomic E-state index is 0.175. The Balaban J connectivity index is 2.75. The van der Waals surface area contributed by atoms with Crippen molar-refractivity contribution < 1.29 is 0 Å². The lowest BCUT2D eigenvalue weighted by atomic mass is 10.1. The van der Waals surface area contributed by atoms with E-state index in [-0.39, 0.29) is 6.04 Å². The zero-order valence-corrected chi connectivity index (χ0v) is 5.91. The van der Waals surface area contributed by atoms with Crippen molar-refractivity contribution in [3.63, 3.8) is 0 Å². The van der Waals surface area contributed by atoms with Crippen LogP contribution in [0, 0.1) is 7.05 Å². The third-order valence-corrected chi connectivity index (χ3v) is 1.43. The number of aromatic nitrogens is 1. The van der Waals surface area contributed by atoms with E-state index in [0.717, 1.165) is 5.56 Å². The van der Waals surface area contributed by atoms with Crippen LogP contribution in [0.15, 0.2) is 24.5 Å². The Labute approximate surface area is 61.3 Å². The first-order chi connectivity index (χ1) is 4.84. The Morgan fingerprint density at radius 2 is 2.50 bits per heavy atom. The molecule has 0 spiro atoms. The van der Waals surface area contributed by atoms with E-state index in [4.69, 9.17) is 7.05 Å². The summed E-state index contributed by atoms with van der Waals surface area (Å²) in [7, 11) is 5.23. The molecule has 1 heterocycles. The van der Waals surface area contributed by atoms with Gasteiger partial charge in [-0.15, -0.1) is 0 Å². The third kappa shape index (κ3) is 1.54. The maximum absolute atomic E-state index is 5.23. The molecular weight excluding hydrogens is 124 g/mol. The number of nitrogens with one attached hydrogen (secondary N) is 1. The summed E-state index contributed by atoms with van der Waals surface area (Å²) in [6.45, 7) is 1.98. The molecule has 0 amide bonds. The number of pyridine rings is 1. The predicted molar refractivity (Wildman–Crippen MR) is 40.1 cm³/mol. The van der Waals surface area contributed by atoms with Crippen LogP contribution >= 0.6 is 0 Å². The highest BCUT2D eigenvalue weighted by molar-refractivity contribution is 5.12. The number of rotatable bonds is 2. The maximum atomic E-state index is 5.23. The second-order valence-corrected chi connectivity index (χ2v) is 2.17. The molecule has 1 aromatic rings. The van der Waals surface area contributed by atoms with Crippen molar-refractivity contribution in [3.05, 3.63) is 37.1 Å². The first-order valence-corrected chi connectivity index (χ1v) is 3.20. The van der Waals surface area contributed by atoms with Gasteiger partial charge < -0.3 is 5.32 Å². The van der Waals surface area contributed by atoms with Crippen molar-refractivity contribution in [2.75, 3.05) is 0 Å². The van der Waals surface area contributed by atoms with Gasteiger partial charge in [0.2, 0.25) is 0 Å². The molecule has 0 saturated carbocycles. The van der Waals surface area contributed by atoms with Gasteiger partial charge in [0.15, 0.2) is 0 Å². The highest BCUT2D eigenvalue weighted by Gasteiger charge is 1.99. The Kier molecular flexibility index (Phi) is 2.40. The minimum Gasteiger partial charge on any atom is -0.304 e. The van der Waals surface area contributed by atoms with E-state index in [1.54, 1.807) is 12.4 Å². The maximum Gasteiger partial charge on any atom is 0.0412 e. The Morgan fingerprint density at radius 1 is 1.70 bits per heavy atom. The van der Waals surface area contributed by atoms with Crippen LogP contribution in [-0.2, 0) is 0 Å². The molecule has 1 N–H and O–H groups in total. The molecule has 0 fully saturated rings. The molecule has 1 rings (SSSR count). The molecule has 0 aromatic carbocycles. The van der Waals surface area contributed by atoms with E-state index in [1.165, 1.54) is 0 Å². The summed E-state index contributed by atoms with van der Waals surface area (Å²) in [4.78, 5) is 3.96. The zero-order valence-electron chi connectivity index (χ0n) is 5.91. The largest absolute Gasteiger partial charge is 0.304 e. The average Bonchev–Trinajstić information content (AvgIpc) is 2.05. The third-order valence-electron chi connectivity index (χ3n) is 1.43. The molecule has 0 saturated heterocycles. The van der Waals surface area contributed by atoms with Crippen molar-refractivity contribution in [2.45, 2.75) is 13.0 Å². The predicted octanol–water partition coefficient (Wildman–Crippen LogP) is 1.40. The monoisotopic (exact) mass is 134 g/mol. The first-order valence-electron chi connectivity index (χ1n) is 3.20. The van der Waals surface area contributed by atoms with Crippen LogP contribution in [-0.4, -0.2) is 4.98 Å². The molecule has 2 heteroatoms. The molecule has 52 valence electrons. The fourth-order valence-corrected chi connectivity index (χ4v) is 0.728. The van der Waals surface area contributed by atoms with Gasteiger partial charge >= 0.3 is 0 Å². The van der Waals surface area contributed by atoms with Crippen LogP contribution in [0.5, 0.6) is 0 Å². The summed E-state index contributed by atoms with van der Waals surface area (Å²) >= 11 is 0. The first kappa shape index (κ1) is 7.22. The molecule has 0 bridgehead atoms. The summed E-state index contributed by atoms with van der Waals surface area (Å²) in [6.07, 6.45) is 3.54. The molecule has 0 aliphatic carbocycles. The SMILES string of the molecule is [CH]NC(C)c1cccnc1.